The maximum Gasteiger partial charge on any atom is 0.124 e. The van der Waals surface area contributed by atoms with E-state index in [1.807, 2.05) is 30.3 Å². The lowest BCUT2D eigenvalue weighted by Gasteiger charge is -2.15. The Labute approximate surface area is 131 Å². The molecule has 1 atom stereocenters. The van der Waals surface area contributed by atoms with E-state index in [9.17, 15) is 4.39 Å². The third-order valence-corrected chi connectivity index (χ3v) is 5.01. The van der Waals surface area contributed by atoms with Gasteiger partial charge in [0.05, 0.1) is 6.04 Å². The summed E-state index contributed by atoms with van der Waals surface area (Å²) in [5.74, 6) is 5.47. The Morgan fingerprint density at radius 2 is 2.00 bits per heavy atom. The van der Waals surface area contributed by atoms with Gasteiger partial charge < -0.3 is 0 Å². The van der Waals surface area contributed by atoms with E-state index in [4.69, 9.17) is 17.4 Å². The SMILES string of the molecule is NNC(Cc1ccccc1Cl)c1cc2ccc(F)cc2s1. The van der Waals surface area contributed by atoms with Crippen LogP contribution in [0.25, 0.3) is 10.1 Å². The highest BCUT2D eigenvalue weighted by Gasteiger charge is 2.15. The van der Waals surface area contributed by atoms with E-state index < -0.39 is 0 Å². The smallest absolute Gasteiger partial charge is 0.124 e. The van der Waals surface area contributed by atoms with Crippen LogP contribution in [0.3, 0.4) is 0 Å². The minimum Gasteiger partial charge on any atom is -0.271 e. The predicted molar refractivity (Wildman–Crippen MR) is 87.0 cm³/mol. The summed E-state index contributed by atoms with van der Waals surface area (Å²) in [6.07, 6.45) is 0.686. The van der Waals surface area contributed by atoms with E-state index in [0.717, 1.165) is 25.5 Å². The zero-order valence-electron chi connectivity index (χ0n) is 11.1. The summed E-state index contributed by atoms with van der Waals surface area (Å²) >= 11 is 7.74. The first-order valence-corrected chi connectivity index (χ1v) is 7.75. The quantitative estimate of drug-likeness (QED) is 0.551. The molecule has 0 saturated carbocycles. The molecule has 2 nitrogen and oxygen atoms in total. The van der Waals surface area contributed by atoms with Gasteiger partial charge in [-0.2, -0.15) is 0 Å². The molecule has 3 rings (SSSR count). The summed E-state index contributed by atoms with van der Waals surface area (Å²) in [6.45, 7) is 0. The van der Waals surface area contributed by atoms with E-state index in [1.165, 1.54) is 6.07 Å². The molecular weight excluding hydrogens is 307 g/mol. The summed E-state index contributed by atoms with van der Waals surface area (Å²) in [4.78, 5) is 1.07. The van der Waals surface area contributed by atoms with Crippen molar-refractivity contribution in [3.8, 4) is 0 Å². The zero-order valence-corrected chi connectivity index (χ0v) is 12.7. The largest absolute Gasteiger partial charge is 0.271 e. The predicted octanol–water partition coefficient (Wildman–Crippen LogP) is 4.44. The summed E-state index contributed by atoms with van der Waals surface area (Å²) in [5.41, 5.74) is 3.86. The molecule has 2 aromatic carbocycles. The van der Waals surface area contributed by atoms with Crippen LogP contribution in [0.5, 0.6) is 0 Å². The van der Waals surface area contributed by atoms with Crippen LogP contribution in [0.1, 0.15) is 16.5 Å². The van der Waals surface area contributed by atoms with Crippen molar-refractivity contribution in [3.63, 3.8) is 0 Å². The van der Waals surface area contributed by atoms with Crippen molar-refractivity contribution in [2.75, 3.05) is 0 Å². The van der Waals surface area contributed by atoms with Crippen LogP contribution in [0, 0.1) is 5.82 Å². The number of hydrazine groups is 1. The van der Waals surface area contributed by atoms with Crippen molar-refractivity contribution in [1.82, 2.24) is 5.43 Å². The molecule has 0 amide bonds. The number of fused-ring (bicyclic) bond motifs is 1. The number of hydrogen-bond acceptors (Lipinski definition) is 3. The van der Waals surface area contributed by atoms with Crippen molar-refractivity contribution in [2.45, 2.75) is 12.5 Å². The van der Waals surface area contributed by atoms with Gasteiger partial charge >= 0.3 is 0 Å². The molecule has 1 unspecified atom stereocenters. The maximum atomic E-state index is 13.3. The van der Waals surface area contributed by atoms with Gasteiger partial charge in [-0.15, -0.1) is 11.3 Å². The molecule has 1 heterocycles. The van der Waals surface area contributed by atoms with Gasteiger partial charge in [0.15, 0.2) is 0 Å². The molecule has 0 saturated heterocycles. The van der Waals surface area contributed by atoms with Crippen molar-refractivity contribution in [1.29, 1.82) is 0 Å². The lowest BCUT2D eigenvalue weighted by atomic mass is 10.0. The minimum absolute atomic E-state index is 0.0506. The van der Waals surface area contributed by atoms with E-state index in [-0.39, 0.29) is 11.9 Å². The molecule has 0 aliphatic carbocycles. The van der Waals surface area contributed by atoms with E-state index in [2.05, 4.69) is 5.43 Å². The highest BCUT2D eigenvalue weighted by molar-refractivity contribution is 7.19. The minimum atomic E-state index is -0.223. The Kier molecular flexibility index (Phi) is 4.22. The fraction of sp³-hybridized carbons (Fsp3) is 0.125. The molecule has 0 radical (unpaired) electrons. The summed E-state index contributed by atoms with van der Waals surface area (Å²) in [6, 6.07) is 14.5. The van der Waals surface area contributed by atoms with Gasteiger partial charge in [-0.25, -0.2) is 4.39 Å². The highest BCUT2D eigenvalue weighted by atomic mass is 35.5. The molecule has 0 spiro atoms. The molecule has 1 aromatic heterocycles. The lowest BCUT2D eigenvalue weighted by molar-refractivity contribution is 0.561. The summed E-state index contributed by atoms with van der Waals surface area (Å²) in [7, 11) is 0. The number of nitrogens with two attached hydrogens (primary N) is 1. The Balaban J connectivity index is 1.93. The molecule has 21 heavy (non-hydrogen) atoms. The molecule has 3 aromatic rings. The maximum absolute atomic E-state index is 13.3. The number of hydrogen-bond donors (Lipinski definition) is 2. The fourth-order valence-corrected chi connectivity index (χ4v) is 3.69. The van der Waals surface area contributed by atoms with Gasteiger partial charge in [-0.3, -0.25) is 11.3 Å². The van der Waals surface area contributed by atoms with Crippen LogP contribution < -0.4 is 11.3 Å². The second-order valence-corrected chi connectivity index (χ2v) is 6.37. The Hall–Kier alpha value is -1.46. The average Bonchev–Trinajstić information content (AvgIpc) is 2.89. The van der Waals surface area contributed by atoms with Crippen molar-refractivity contribution < 1.29 is 4.39 Å². The normalized spacial score (nSPS) is 12.7. The number of nitrogens with one attached hydrogen (secondary N) is 1. The van der Waals surface area contributed by atoms with E-state index in [0.29, 0.717) is 6.42 Å². The Morgan fingerprint density at radius 3 is 2.76 bits per heavy atom. The average molecular weight is 321 g/mol. The Morgan fingerprint density at radius 1 is 1.19 bits per heavy atom. The second kappa shape index (κ2) is 6.12. The molecule has 0 fully saturated rings. The van der Waals surface area contributed by atoms with Gasteiger partial charge in [-0.05, 0) is 41.6 Å². The fourth-order valence-electron chi connectivity index (χ4n) is 2.32. The van der Waals surface area contributed by atoms with Gasteiger partial charge in [-0.1, -0.05) is 35.9 Å². The Bertz CT molecular complexity index is 772. The third-order valence-electron chi connectivity index (χ3n) is 3.43. The first-order chi connectivity index (χ1) is 10.2. The second-order valence-electron chi connectivity index (χ2n) is 4.85. The van der Waals surface area contributed by atoms with Crippen LogP contribution in [0.4, 0.5) is 4.39 Å². The van der Waals surface area contributed by atoms with Crippen molar-refractivity contribution in [3.05, 3.63) is 69.8 Å². The number of benzene rings is 2. The van der Waals surface area contributed by atoms with Gasteiger partial charge in [0.2, 0.25) is 0 Å². The van der Waals surface area contributed by atoms with Gasteiger partial charge in [0.1, 0.15) is 5.82 Å². The van der Waals surface area contributed by atoms with Crippen LogP contribution in [0.2, 0.25) is 5.02 Å². The summed E-state index contributed by atoms with van der Waals surface area (Å²) in [5, 5.41) is 1.75. The van der Waals surface area contributed by atoms with Gasteiger partial charge in [0, 0.05) is 14.6 Å². The molecule has 0 bridgehead atoms. The first-order valence-electron chi connectivity index (χ1n) is 6.56. The number of halogens is 2. The topological polar surface area (TPSA) is 38.0 Å². The highest BCUT2D eigenvalue weighted by Crippen LogP contribution is 2.32. The molecule has 0 aliphatic rings. The third kappa shape index (κ3) is 3.09. The number of thiophene rings is 1. The molecule has 5 heteroatoms. The van der Waals surface area contributed by atoms with Crippen LogP contribution in [-0.2, 0) is 6.42 Å². The van der Waals surface area contributed by atoms with E-state index in [1.54, 1.807) is 23.5 Å². The number of rotatable bonds is 4. The standard InChI is InChI=1S/C16H14ClFN2S/c17-13-4-2-1-3-10(13)7-14(20-19)16-8-11-5-6-12(18)9-15(11)21-16/h1-6,8-9,14,20H,7,19H2. The van der Waals surface area contributed by atoms with Crippen molar-refractivity contribution >= 4 is 33.0 Å². The summed E-state index contributed by atoms with van der Waals surface area (Å²) < 4.78 is 14.2. The van der Waals surface area contributed by atoms with E-state index >= 15 is 0 Å². The molecule has 108 valence electrons. The van der Waals surface area contributed by atoms with Crippen molar-refractivity contribution in [2.24, 2.45) is 5.84 Å². The molecule has 0 aliphatic heterocycles. The molecule has 3 N–H and O–H groups in total. The van der Waals surface area contributed by atoms with Crippen LogP contribution in [-0.4, -0.2) is 0 Å². The molecular formula is C16H14ClFN2S. The first kappa shape index (κ1) is 14.5. The zero-order chi connectivity index (χ0) is 14.8. The van der Waals surface area contributed by atoms with Crippen LogP contribution in [0.15, 0.2) is 48.5 Å². The van der Waals surface area contributed by atoms with Crippen LogP contribution >= 0.6 is 22.9 Å². The monoisotopic (exact) mass is 320 g/mol. The van der Waals surface area contributed by atoms with Gasteiger partial charge in [0.25, 0.3) is 0 Å². The lowest BCUT2D eigenvalue weighted by Crippen LogP contribution is -2.29.